The number of amides is 1. The first-order valence-corrected chi connectivity index (χ1v) is 12.5. The number of alkyl halides is 3. The van der Waals surface area contributed by atoms with Crippen LogP contribution in [0, 0.1) is 0 Å². The Morgan fingerprint density at radius 3 is 2.39 bits per heavy atom. The lowest BCUT2D eigenvalue weighted by Crippen LogP contribution is -2.33. The van der Waals surface area contributed by atoms with Crippen molar-refractivity contribution in [2.75, 3.05) is 30.3 Å². The van der Waals surface area contributed by atoms with Crippen molar-refractivity contribution in [3.63, 3.8) is 0 Å². The zero-order chi connectivity index (χ0) is 24.6. The molecule has 33 heavy (non-hydrogen) atoms. The fraction of sp³-hybridized carbons (Fsp3) is 0.409. The van der Waals surface area contributed by atoms with Crippen LogP contribution in [0.4, 0.5) is 18.9 Å². The minimum absolute atomic E-state index is 0.0200. The molecule has 0 saturated carbocycles. The van der Waals surface area contributed by atoms with Crippen molar-refractivity contribution in [1.29, 1.82) is 0 Å². The number of carbonyl (C=O) groups excluding carboxylic acids is 1. The third-order valence-corrected chi connectivity index (χ3v) is 6.23. The molecule has 6 nitrogen and oxygen atoms in total. The summed E-state index contributed by atoms with van der Waals surface area (Å²) in [4.78, 5) is 12.0. The van der Waals surface area contributed by atoms with Crippen molar-refractivity contribution in [3.8, 4) is 5.75 Å². The lowest BCUT2D eigenvalue weighted by Gasteiger charge is -2.24. The summed E-state index contributed by atoms with van der Waals surface area (Å²) in [5.41, 5.74) is -0.111. The van der Waals surface area contributed by atoms with Gasteiger partial charge >= 0.3 is 6.18 Å². The summed E-state index contributed by atoms with van der Waals surface area (Å²) in [6.07, 6.45) is -2.79. The second-order valence-corrected chi connectivity index (χ2v) is 9.61. The Morgan fingerprint density at radius 2 is 1.82 bits per heavy atom. The van der Waals surface area contributed by atoms with Gasteiger partial charge in [-0.05, 0) is 48.7 Å². The topological polar surface area (TPSA) is 75.7 Å². The molecule has 0 aromatic heterocycles. The normalized spacial score (nSPS) is 11.8. The number of hydrogen-bond acceptors (Lipinski definition) is 4. The van der Waals surface area contributed by atoms with Crippen LogP contribution < -0.4 is 14.4 Å². The predicted octanol–water partition coefficient (Wildman–Crippen LogP) is 4.66. The third-order valence-electron chi connectivity index (χ3n) is 4.73. The molecule has 0 aliphatic rings. The molecule has 0 aliphatic carbocycles. The summed E-state index contributed by atoms with van der Waals surface area (Å²) in [5, 5.41) is 2.52. The number of halogens is 4. The molecular weight excluding hydrogens is 481 g/mol. The Morgan fingerprint density at radius 1 is 1.15 bits per heavy atom. The highest BCUT2D eigenvalue weighted by Gasteiger charge is 2.32. The molecule has 0 fully saturated rings. The highest BCUT2D eigenvalue weighted by Crippen LogP contribution is 2.36. The fourth-order valence-corrected chi connectivity index (χ4v) is 4.24. The number of nitrogens with one attached hydrogen (secondary N) is 1. The second-order valence-electron chi connectivity index (χ2n) is 7.30. The summed E-state index contributed by atoms with van der Waals surface area (Å²) in [6.45, 7) is 2.36. The molecule has 1 N–H and O–H groups in total. The molecular formula is C22H26ClF3N2O4S. The summed E-state index contributed by atoms with van der Waals surface area (Å²) < 4.78 is 69.8. The number of ether oxygens (including phenoxy) is 1. The van der Waals surface area contributed by atoms with E-state index in [0.29, 0.717) is 11.8 Å². The number of aryl methyl sites for hydroxylation is 1. The van der Waals surface area contributed by atoms with Crippen LogP contribution in [0.25, 0.3) is 0 Å². The van der Waals surface area contributed by atoms with Gasteiger partial charge in [0.25, 0.3) is 0 Å². The second kappa shape index (κ2) is 11.6. The van der Waals surface area contributed by atoms with Gasteiger partial charge in [0.2, 0.25) is 15.9 Å². The van der Waals surface area contributed by atoms with Crippen molar-refractivity contribution in [2.45, 2.75) is 32.4 Å². The van der Waals surface area contributed by atoms with Gasteiger partial charge < -0.3 is 10.1 Å². The van der Waals surface area contributed by atoms with Gasteiger partial charge in [-0.15, -0.1) is 0 Å². The van der Waals surface area contributed by atoms with Gasteiger partial charge in [0.1, 0.15) is 12.4 Å². The van der Waals surface area contributed by atoms with Crippen LogP contribution in [0.5, 0.6) is 5.75 Å². The molecule has 0 aliphatic heterocycles. The Balaban J connectivity index is 1.87. The quantitative estimate of drug-likeness (QED) is 0.450. The van der Waals surface area contributed by atoms with E-state index in [1.807, 2.05) is 24.3 Å². The van der Waals surface area contributed by atoms with Gasteiger partial charge in [-0.25, -0.2) is 8.42 Å². The lowest BCUT2D eigenvalue weighted by molar-refractivity contribution is -0.137. The highest BCUT2D eigenvalue weighted by atomic mass is 35.5. The van der Waals surface area contributed by atoms with E-state index in [-0.39, 0.29) is 49.2 Å². The van der Waals surface area contributed by atoms with E-state index in [1.54, 1.807) is 0 Å². The minimum Gasteiger partial charge on any atom is -0.492 e. The average molecular weight is 507 g/mol. The Bertz CT molecular complexity index is 1040. The zero-order valence-corrected chi connectivity index (χ0v) is 19.9. The molecule has 0 radical (unpaired) electrons. The van der Waals surface area contributed by atoms with Crippen LogP contribution in [0.3, 0.4) is 0 Å². The number of hydrogen-bond donors (Lipinski definition) is 1. The van der Waals surface area contributed by atoms with Gasteiger partial charge in [-0.1, -0.05) is 30.7 Å². The number of carbonyl (C=O) groups is 1. The summed E-state index contributed by atoms with van der Waals surface area (Å²) in [5.74, 6) is 0.353. The van der Waals surface area contributed by atoms with E-state index in [1.165, 1.54) is 5.56 Å². The lowest BCUT2D eigenvalue weighted by atomic mass is 10.2. The highest BCUT2D eigenvalue weighted by molar-refractivity contribution is 7.92. The van der Waals surface area contributed by atoms with E-state index in [4.69, 9.17) is 16.3 Å². The standard InChI is InChI=1S/C22H26ClF3N2O4S/c1-3-16-6-9-18(10-7-16)32-14-12-27-21(29)5-4-13-28(33(2,30)31)20-15-17(22(24,25)26)8-11-19(20)23/h6-11,15H,3-5,12-14H2,1-2H3,(H,27,29). The maximum atomic E-state index is 13.0. The van der Waals surface area contributed by atoms with Crippen molar-refractivity contribution in [3.05, 3.63) is 58.6 Å². The van der Waals surface area contributed by atoms with Gasteiger partial charge in [-0.3, -0.25) is 9.10 Å². The predicted molar refractivity (Wildman–Crippen MR) is 122 cm³/mol. The molecule has 0 atom stereocenters. The SMILES string of the molecule is CCc1ccc(OCCNC(=O)CCCN(c2cc(C(F)(F)F)ccc2Cl)S(C)(=O)=O)cc1. The molecule has 0 bridgehead atoms. The Labute approximate surface area is 196 Å². The third kappa shape index (κ3) is 8.43. The largest absolute Gasteiger partial charge is 0.492 e. The number of nitrogens with zero attached hydrogens (tertiary/aromatic N) is 1. The first-order valence-electron chi connectivity index (χ1n) is 10.2. The first-order chi connectivity index (χ1) is 15.4. The van der Waals surface area contributed by atoms with Crippen LogP contribution in [0.15, 0.2) is 42.5 Å². The molecule has 0 saturated heterocycles. The molecule has 0 unspecified atom stereocenters. The Kier molecular flexibility index (Phi) is 9.42. The monoisotopic (exact) mass is 506 g/mol. The summed E-state index contributed by atoms with van der Waals surface area (Å²) in [6, 6.07) is 10.1. The van der Waals surface area contributed by atoms with Crippen LogP contribution in [0.2, 0.25) is 5.02 Å². The summed E-state index contributed by atoms with van der Waals surface area (Å²) in [7, 11) is -3.93. The van der Waals surface area contributed by atoms with E-state index in [2.05, 4.69) is 12.2 Å². The van der Waals surface area contributed by atoms with E-state index in [9.17, 15) is 26.4 Å². The van der Waals surface area contributed by atoms with Crippen molar-refractivity contribution < 1.29 is 31.1 Å². The van der Waals surface area contributed by atoms with Crippen molar-refractivity contribution in [2.24, 2.45) is 0 Å². The first kappa shape index (κ1) is 26.8. The molecule has 0 heterocycles. The summed E-state index contributed by atoms with van der Waals surface area (Å²) >= 11 is 5.97. The van der Waals surface area contributed by atoms with Crippen molar-refractivity contribution in [1.82, 2.24) is 5.32 Å². The average Bonchev–Trinajstić information content (AvgIpc) is 2.74. The van der Waals surface area contributed by atoms with E-state index < -0.39 is 21.8 Å². The minimum atomic E-state index is -4.65. The fourth-order valence-electron chi connectivity index (χ4n) is 3.00. The van der Waals surface area contributed by atoms with Gasteiger partial charge in [0, 0.05) is 13.0 Å². The van der Waals surface area contributed by atoms with E-state index >= 15 is 0 Å². The number of rotatable bonds is 11. The Hall–Kier alpha value is -2.46. The maximum Gasteiger partial charge on any atom is 0.416 e. The zero-order valence-electron chi connectivity index (χ0n) is 18.3. The van der Waals surface area contributed by atoms with Gasteiger partial charge in [0.05, 0.1) is 29.1 Å². The van der Waals surface area contributed by atoms with Crippen molar-refractivity contribution >= 4 is 33.2 Å². The number of benzene rings is 2. The maximum absolute atomic E-state index is 13.0. The van der Waals surface area contributed by atoms with Crippen LogP contribution >= 0.6 is 11.6 Å². The molecule has 2 rings (SSSR count). The molecule has 0 spiro atoms. The number of sulfonamides is 1. The number of anilines is 1. The van der Waals surface area contributed by atoms with Gasteiger partial charge in [0.15, 0.2) is 0 Å². The van der Waals surface area contributed by atoms with Crippen LogP contribution in [0.1, 0.15) is 30.9 Å². The van der Waals surface area contributed by atoms with Crippen LogP contribution in [-0.4, -0.2) is 40.3 Å². The molecule has 1 amide bonds. The smallest absolute Gasteiger partial charge is 0.416 e. The van der Waals surface area contributed by atoms with Gasteiger partial charge in [-0.2, -0.15) is 13.2 Å². The molecule has 2 aromatic rings. The van der Waals surface area contributed by atoms with Crippen LogP contribution in [-0.2, 0) is 27.4 Å². The molecule has 182 valence electrons. The van der Waals surface area contributed by atoms with E-state index in [0.717, 1.165) is 29.1 Å². The molecule has 2 aromatic carbocycles. The molecule has 11 heteroatoms.